The molecule has 3 nitrogen and oxygen atoms in total. The Bertz CT molecular complexity index is 570. The molecule has 1 aromatic heterocycles. The van der Waals surface area contributed by atoms with Gasteiger partial charge in [0, 0.05) is 5.56 Å². The van der Waals surface area contributed by atoms with Gasteiger partial charge in [0.1, 0.15) is 10.8 Å². The smallest absolute Gasteiger partial charge is 0.124 e. The maximum absolute atomic E-state index is 10.2. The second-order valence-electron chi connectivity index (χ2n) is 4.94. The lowest BCUT2D eigenvalue weighted by Crippen LogP contribution is -2.15. The zero-order valence-corrected chi connectivity index (χ0v) is 12.5. The molecule has 19 heavy (non-hydrogen) atoms. The normalized spacial score (nSPS) is 11.6. The van der Waals surface area contributed by atoms with E-state index in [-0.39, 0.29) is 0 Å². The first-order chi connectivity index (χ1) is 8.95. The first kappa shape index (κ1) is 14.0. The van der Waals surface area contributed by atoms with Crippen molar-refractivity contribution in [3.05, 3.63) is 34.8 Å². The molecule has 0 aliphatic rings. The minimum Gasteiger partial charge on any atom is -0.497 e. The minimum atomic E-state index is -0.847. The van der Waals surface area contributed by atoms with Gasteiger partial charge in [-0.05, 0) is 32.4 Å². The van der Waals surface area contributed by atoms with Crippen molar-refractivity contribution in [2.24, 2.45) is 0 Å². The molecule has 0 saturated heterocycles. The van der Waals surface area contributed by atoms with Crippen LogP contribution in [0.15, 0.2) is 24.3 Å². The number of nitrogens with zero attached hydrogens (tertiary/aromatic N) is 1. The Hall–Kier alpha value is -1.39. The molecule has 0 saturated carbocycles. The van der Waals surface area contributed by atoms with Crippen molar-refractivity contribution in [2.75, 3.05) is 7.11 Å². The zero-order valence-electron chi connectivity index (χ0n) is 11.7. The lowest BCUT2D eigenvalue weighted by atomic mass is 10.1. The van der Waals surface area contributed by atoms with Crippen LogP contribution in [0.1, 0.15) is 31.3 Å². The predicted molar refractivity (Wildman–Crippen MR) is 78.7 cm³/mol. The van der Waals surface area contributed by atoms with Gasteiger partial charge in [-0.25, -0.2) is 4.98 Å². The first-order valence-corrected chi connectivity index (χ1v) is 7.14. The molecular weight excluding hydrogens is 258 g/mol. The van der Waals surface area contributed by atoms with Crippen LogP contribution >= 0.6 is 11.3 Å². The van der Waals surface area contributed by atoms with Gasteiger partial charge in [0.05, 0.1) is 23.3 Å². The molecule has 2 rings (SSSR count). The number of benzene rings is 1. The standard InChI is InChI=1S/C15H19NO2S/c1-5-12-13(15(2,3)17)19-14(16-12)10-7-6-8-11(9-10)18-4/h6-9,17H,5H2,1-4H3. The SMILES string of the molecule is CCc1nc(-c2cccc(OC)c2)sc1C(C)(C)O. The van der Waals surface area contributed by atoms with Crippen LogP contribution in [-0.4, -0.2) is 17.2 Å². The summed E-state index contributed by atoms with van der Waals surface area (Å²) in [6.45, 7) is 5.66. The molecule has 0 spiro atoms. The number of hydrogen-bond acceptors (Lipinski definition) is 4. The molecule has 4 heteroatoms. The molecule has 0 unspecified atom stereocenters. The molecule has 2 aromatic rings. The largest absolute Gasteiger partial charge is 0.497 e. The molecule has 0 amide bonds. The van der Waals surface area contributed by atoms with Gasteiger partial charge in [0.15, 0.2) is 0 Å². The van der Waals surface area contributed by atoms with Crippen molar-refractivity contribution in [1.82, 2.24) is 4.98 Å². The Morgan fingerprint density at radius 2 is 2.11 bits per heavy atom. The lowest BCUT2D eigenvalue weighted by molar-refractivity contribution is 0.0814. The number of aryl methyl sites for hydroxylation is 1. The fraction of sp³-hybridized carbons (Fsp3) is 0.400. The van der Waals surface area contributed by atoms with Crippen molar-refractivity contribution in [3.63, 3.8) is 0 Å². The summed E-state index contributed by atoms with van der Waals surface area (Å²) in [5.74, 6) is 0.815. The van der Waals surface area contributed by atoms with Gasteiger partial charge in [-0.15, -0.1) is 11.3 Å². The van der Waals surface area contributed by atoms with Crippen molar-refractivity contribution in [3.8, 4) is 16.3 Å². The highest BCUT2D eigenvalue weighted by Crippen LogP contribution is 2.35. The van der Waals surface area contributed by atoms with Gasteiger partial charge < -0.3 is 9.84 Å². The van der Waals surface area contributed by atoms with Crippen LogP contribution in [0.4, 0.5) is 0 Å². The highest BCUT2D eigenvalue weighted by molar-refractivity contribution is 7.15. The first-order valence-electron chi connectivity index (χ1n) is 6.32. The van der Waals surface area contributed by atoms with Crippen molar-refractivity contribution in [1.29, 1.82) is 0 Å². The quantitative estimate of drug-likeness (QED) is 0.928. The Kier molecular flexibility index (Phi) is 3.92. The fourth-order valence-electron chi connectivity index (χ4n) is 1.95. The maximum Gasteiger partial charge on any atom is 0.124 e. The summed E-state index contributed by atoms with van der Waals surface area (Å²) in [7, 11) is 1.65. The van der Waals surface area contributed by atoms with Crippen LogP contribution in [0.3, 0.4) is 0 Å². The van der Waals surface area contributed by atoms with E-state index in [4.69, 9.17) is 4.74 Å². The van der Waals surface area contributed by atoms with E-state index in [1.807, 2.05) is 24.3 Å². The summed E-state index contributed by atoms with van der Waals surface area (Å²) in [5.41, 5.74) is 1.14. The lowest BCUT2D eigenvalue weighted by Gasteiger charge is -2.15. The van der Waals surface area contributed by atoms with E-state index in [9.17, 15) is 5.11 Å². The molecule has 0 aliphatic carbocycles. The summed E-state index contributed by atoms with van der Waals surface area (Å²) in [6.07, 6.45) is 0.819. The predicted octanol–water partition coefficient (Wildman–Crippen LogP) is 3.61. The average molecular weight is 277 g/mol. The van der Waals surface area contributed by atoms with Crippen LogP contribution in [0.2, 0.25) is 0 Å². The molecule has 0 radical (unpaired) electrons. The molecule has 0 fully saturated rings. The summed E-state index contributed by atoms with van der Waals surface area (Å²) >= 11 is 1.55. The Morgan fingerprint density at radius 3 is 2.63 bits per heavy atom. The number of ether oxygens (including phenoxy) is 1. The maximum atomic E-state index is 10.2. The average Bonchev–Trinajstić information content (AvgIpc) is 2.83. The van der Waals surface area contributed by atoms with Gasteiger partial charge >= 0.3 is 0 Å². The van der Waals surface area contributed by atoms with Gasteiger partial charge in [-0.2, -0.15) is 0 Å². The topological polar surface area (TPSA) is 42.4 Å². The number of hydrogen-bond donors (Lipinski definition) is 1. The van der Waals surface area contributed by atoms with E-state index >= 15 is 0 Å². The summed E-state index contributed by atoms with van der Waals surface area (Å²) < 4.78 is 5.23. The number of methoxy groups -OCH3 is 1. The van der Waals surface area contributed by atoms with E-state index in [0.29, 0.717) is 0 Å². The van der Waals surface area contributed by atoms with Crippen LogP contribution in [-0.2, 0) is 12.0 Å². The molecule has 1 aromatic carbocycles. The zero-order chi connectivity index (χ0) is 14.0. The number of thiazole rings is 1. The monoisotopic (exact) mass is 277 g/mol. The van der Waals surface area contributed by atoms with Gasteiger partial charge in [-0.1, -0.05) is 19.1 Å². The van der Waals surface area contributed by atoms with Crippen molar-refractivity contribution < 1.29 is 9.84 Å². The van der Waals surface area contributed by atoms with Crippen LogP contribution in [0.25, 0.3) is 10.6 Å². The fourth-order valence-corrected chi connectivity index (χ4v) is 3.10. The molecule has 0 aliphatic heterocycles. The third-order valence-corrected chi connectivity index (χ3v) is 4.36. The molecule has 0 bridgehead atoms. The number of aromatic nitrogens is 1. The van der Waals surface area contributed by atoms with Gasteiger partial charge in [0.25, 0.3) is 0 Å². The third-order valence-electron chi connectivity index (χ3n) is 2.90. The Morgan fingerprint density at radius 1 is 1.37 bits per heavy atom. The van der Waals surface area contributed by atoms with E-state index in [1.165, 1.54) is 0 Å². The highest BCUT2D eigenvalue weighted by atomic mass is 32.1. The van der Waals surface area contributed by atoms with E-state index in [0.717, 1.165) is 33.3 Å². The van der Waals surface area contributed by atoms with E-state index in [1.54, 1.807) is 32.3 Å². The second-order valence-corrected chi connectivity index (χ2v) is 5.94. The van der Waals surface area contributed by atoms with Crippen LogP contribution in [0.5, 0.6) is 5.75 Å². The van der Waals surface area contributed by atoms with Gasteiger partial charge in [-0.3, -0.25) is 0 Å². The van der Waals surface area contributed by atoms with Gasteiger partial charge in [0.2, 0.25) is 0 Å². The van der Waals surface area contributed by atoms with Crippen LogP contribution in [0, 0.1) is 0 Å². The second kappa shape index (κ2) is 5.31. The number of aliphatic hydroxyl groups is 1. The Balaban J connectivity index is 2.48. The molecule has 102 valence electrons. The molecule has 0 atom stereocenters. The van der Waals surface area contributed by atoms with Crippen LogP contribution < -0.4 is 4.74 Å². The minimum absolute atomic E-state index is 0.815. The van der Waals surface area contributed by atoms with Crippen molar-refractivity contribution >= 4 is 11.3 Å². The molecular formula is C15H19NO2S. The summed E-state index contributed by atoms with van der Waals surface area (Å²) in [4.78, 5) is 5.58. The summed E-state index contributed by atoms with van der Waals surface area (Å²) in [5, 5.41) is 11.1. The molecule has 1 N–H and O–H groups in total. The van der Waals surface area contributed by atoms with E-state index in [2.05, 4.69) is 11.9 Å². The Labute approximate surface area is 117 Å². The van der Waals surface area contributed by atoms with Crippen molar-refractivity contribution in [2.45, 2.75) is 32.8 Å². The highest BCUT2D eigenvalue weighted by Gasteiger charge is 2.24. The van der Waals surface area contributed by atoms with E-state index < -0.39 is 5.60 Å². The molecule has 1 heterocycles. The summed E-state index contributed by atoms with van der Waals surface area (Å²) in [6, 6.07) is 7.83. The number of rotatable bonds is 4. The third kappa shape index (κ3) is 2.96.